The molecule has 0 atom stereocenters. The molecule has 1 amide bonds. The number of carbonyl (C=O) groups is 2. The van der Waals surface area contributed by atoms with Crippen LogP contribution >= 0.6 is 11.3 Å². The summed E-state index contributed by atoms with van der Waals surface area (Å²) < 4.78 is 0. The van der Waals surface area contributed by atoms with Crippen molar-refractivity contribution in [3.8, 4) is 0 Å². The molecule has 2 rings (SSSR count). The quantitative estimate of drug-likeness (QED) is 0.862. The number of Topliss-reactive ketones (excluding diaryl/α,β-unsaturated/α-hetero) is 1. The van der Waals surface area contributed by atoms with Crippen molar-refractivity contribution in [2.24, 2.45) is 0 Å². The second kappa shape index (κ2) is 5.80. The molecule has 19 heavy (non-hydrogen) atoms. The third-order valence-electron chi connectivity index (χ3n) is 2.89. The van der Waals surface area contributed by atoms with Gasteiger partial charge in [0, 0.05) is 5.56 Å². The minimum absolute atomic E-state index is 0.0576. The second-order valence-electron chi connectivity index (χ2n) is 4.18. The molecule has 2 aromatic rings. The van der Waals surface area contributed by atoms with Gasteiger partial charge in [-0.05, 0) is 42.5 Å². The Hall–Kier alpha value is -1.94. The topological polar surface area (TPSA) is 46.2 Å². The Labute approximate surface area is 116 Å². The molecule has 1 heterocycles. The molecule has 0 aliphatic carbocycles. The van der Waals surface area contributed by atoms with E-state index >= 15 is 0 Å². The third-order valence-corrected chi connectivity index (χ3v) is 3.84. The fourth-order valence-corrected chi connectivity index (χ4v) is 2.78. The molecule has 0 aliphatic rings. The fraction of sp³-hybridized carbons (Fsp3) is 0.200. The van der Waals surface area contributed by atoms with Crippen LogP contribution in [0.15, 0.2) is 35.7 Å². The minimum atomic E-state index is -0.152. The van der Waals surface area contributed by atoms with Gasteiger partial charge in [-0.15, -0.1) is 11.3 Å². The lowest BCUT2D eigenvalue weighted by atomic mass is 10.1. The average Bonchev–Trinajstić information content (AvgIpc) is 2.87. The fourth-order valence-electron chi connectivity index (χ4n) is 1.89. The largest absolute Gasteiger partial charge is 0.321 e. The maximum absolute atomic E-state index is 12.2. The average molecular weight is 273 g/mol. The summed E-state index contributed by atoms with van der Waals surface area (Å²) >= 11 is 1.42. The van der Waals surface area contributed by atoms with E-state index in [4.69, 9.17) is 0 Å². The first-order valence-electron chi connectivity index (χ1n) is 6.11. The number of rotatable bonds is 4. The Morgan fingerprint density at radius 3 is 2.63 bits per heavy atom. The number of para-hydroxylation sites is 1. The highest BCUT2D eigenvalue weighted by atomic mass is 32.1. The summed E-state index contributed by atoms with van der Waals surface area (Å²) in [6.07, 6.45) is 0.820. The van der Waals surface area contributed by atoms with Gasteiger partial charge in [-0.3, -0.25) is 9.59 Å². The molecule has 0 bridgehead atoms. The van der Waals surface area contributed by atoms with Gasteiger partial charge in [-0.25, -0.2) is 0 Å². The predicted molar refractivity (Wildman–Crippen MR) is 78.1 cm³/mol. The summed E-state index contributed by atoms with van der Waals surface area (Å²) in [6.45, 7) is 3.51. The van der Waals surface area contributed by atoms with E-state index in [9.17, 15) is 9.59 Å². The summed E-state index contributed by atoms with van der Waals surface area (Å²) in [4.78, 5) is 24.4. The number of anilines is 1. The van der Waals surface area contributed by atoms with Crippen LogP contribution in [0.5, 0.6) is 0 Å². The van der Waals surface area contributed by atoms with Crippen molar-refractivity contribution in [1.29, 1.82) is 0 Å². The van der Waals surface area contributed by atoms with E-state index in [0.717, 1.165) is 12.0 Å². The van der Waals surface area contributed by atoms with Crippen molar-refractivity contribution < 1.29 is 9.59 Å². The smallest absolute Gasteiger partial charge is 0.266 e. The molecule has 0 saturated heterocycles. The molecule has 0 aliphatic heterocycles. The lowest BCUT2D eigenvalue weighted by molar-refractivity contribution is 0.101. The highest BCUT2D eigenvalue weighted by molar-refractivity contribution is 7.12. The van der Waals surface area contributed by atoms with E-state index in [1.165, 1.54) is 18.3 Å². The van der Waals surface area contributed by atoms with Crippen LogP contribution in [-0.2, 0) is 6.42 Å². The van der Waals surface area contributed by atoms with Crippen molar-refractivity contribution in [2.45, 2.75) is 20.3 Å². The summed E-state index contributed by atoms with van der Waals surface area (Å²) in [5.41, 5.74) is 2.13. The molecule has 1 N–H and O–H groups in total. The SMILES string of the molecule is CCc1ccsc1C(=O)Nc1ccccc1C(C)=O. The molecular weight excluding hydrogens is 258 g/mol. The van der Waals surface area contributed by atoms with Crippen LogP contribution in [0, 0.1) is 0 Å². The molecule has 0 spiro atoms. The first-order chi connectivity index (χ1) is 9.13. The number of carbonyl (C=O) groups excluding carboxylic acids is 2. The summed E-state index contributed by atoms with van der Waals surface area (Å²) in [5, 5.41) is 4.73. The number of benzene rings is 1. The highest BCUT2D eigenvalue weighted by Crippen LogP contribution is 2.21. The summed E-state index contributed by atoms with van der Waals surface area (Å²) in [6, 6.07) is 9.00. The van der Waals surface area contributed by atoms with E-state index in [-0.39, 0.29) is 11.7 Å². The van der Waals surface area contributed by atoms with Crippen LogP contribution in [0.2, 0.25) is 0 Å². The van der Waals surface area contributed by atoms with Crippen LogP contribution in [0.1, 0.15) is 39.4 Å². The number of ketones is 1. The van der Waals surface area contributed by atoms with Gasteiger partial charge in [0.05, 0.1) is 10.6 Å². The third kappa shape index (κ3) is 2.90. The van der Waals surface area contributed by atoms with Gasteiger partial charge in [-0.1, -0.05) is 19.1 Å². The molecule has 1 aromatic heterocycles. The highest BCUT2D eigenvalue weighted by Gasteiger charge is 2.14. The van der Waals surface area contributed by atoms with Crippen LogP contribution in [-0.4, -0.2) is 11.7 Å². The van der Waals surface area contributed by atoms with Gasteiger partial charge in [0.2, 0.25) is 0 Å². The molecule has 4 heteroatoms. The number of thiophene rings is 1. The van der Waals surface area contributed by atoms with E-state index in [2.05, 4.69) is 5.32 Å². The number of hydrogen-bond acceptors (Lipinski definition) is 3. The molecule has 1 aromatic carbocycles. The van der Waals surface area contributed by atoms with Gasteiger partial charge in [-0.2, -0.15) is 0 Å². The van der Waals surface area contributed by atoms with Crippen molar-refractivity contribution in [3.05, 3.63) is 51.7 Å². The second-order valence-corrected chi connectivity index (χ2v) is 5.10. The Morgan fingerprint density at radius 1 is 1.21 bits per heavy atom. The Morgan fingerprint density at radius 2 is 1.95 bits per heavy atom. The molecule has 0 unspecified atom stereocenters. The van der Waals surface area contributed by atoms with Crippen LogP contribution in [0.25, 0.3) is 0 Å². The Bertz CT molecular complexity index is 616. The van der Waals surface area contributed by atoms with Crippen LogP contribution < -0.4 is 5.32 Å². The van der Waals surface area contributed by atoms with Gasteiger partial charge >= 0.3 is 0 Å². The van der Waals surface area contributed by atoms with E-state index in [0.29, 0.717) is 16.1 Å². The molecule has 98 valence electrons. The van der Waals surface area contributed by atoms with Crippen molar-refractivity contribution in [1.82, 2.24) is 0 Å². The lowest BCUT2D eigenvalue weighted by Crippen LogP contribution is -2.14. The van der Waals surface area contributed by atoms with E-state index < -0.39 is 0 Å². The van der Waals surface area contributed by atoms with E-state index in [1.807, 2.05) is 18.4 Å². The summed E-state index contributed by atoms with van der Waals surface area (Å²) in [5.74, 6) is -0.210. The minimum Gasteiger partial charge on any atom is -0.321 e. The van der Waals surface area contributed by atoms with Crippen molar-refractivity contribution >= 4 is 28.7 Å². The zero-order valence-electron chi connectivity index (χ0n) is 10.9. The lowest BCUT2D eigenvalue weighted by Gasteiger charge is -2.08. The Kier molecular flexibility index (Phi) is 4.12. The molecular formula is C15H15NO2S. The maximum Gasteiger partial charge on any atom is 0.266 e. The van der Waals surface area contributed by atoms with Crippen molar-refractivity contribution in [3.63, 3.8) is 0 Å². The summed E-state index contributed by atoms with van der Waals surface area (Å²) in [7, 11) is 0. The van der Waals surface area contributed by atoms with E-state index in [1.54, 1.807) is 24.3 Å². The number of amides is 1. The zero-order valence-corrected chi connectivity index (χ0v) is 11.7. The predicted octanol–water partition coefficient (Wildman–Crippen LogP) is 3.77. The molecule has 0 saturated carbocycles. The number of hydrogen-bond donors (Lipinski definition) is 1. The van der Waals surface area contributed by atoms with Gasteiger partial charge in [0.1, 0.15) is 0 Å². The van der Waals surface area contributed by atoms with Gasteiger partial charge < -0.3 is 5.32 Å². The maximum atomic E-state index is 12.2. The van der Waals surface area contributed by atoms with Crippen molar-refractivity contribution in [2.75, 3.05) is 5.32 Å². The first-order valence-corrected chi connectivity index (χ1v) is 6.99. The standard InChI is InChI=1S/C15H15NO2S/c1-3-11-8-9-19-14(11)15(18)16-13-7-5-4-6-12(13)10(2)17/h4-9H,3H2,1-2H3,(H,16,18). The first kappa shape index (κ1) is 13.5. The molecule has 3 nitrogen and oxygen atoms in total. The number of aryl methyl sites for hydroxylation is 1. The Balaban J connectivity index is 2.27. The van der Waals surface area contributed by atoms with Crippen LogP contribution in [0.4, 0.5) is 5.69 Å². The van der Waals surface area contributed by atoms with Crippen LogP contribution in [0.3, 0.4) is 0 Å². The monoisotopic (exact) mass is 273 g/mol. The zero-order chi connectivity index (χ0) is 13.8. The molecule has 0 fully saturated rings. The molecule has 0 radical (unpaired) electrons. The number of nitrogens with one attached hydrogen (secondary N) is 1. The van der Waals surface area contributed by atoms with Gasteiger partial charge in [0.25, 0.3) is 5.91 Å². The van der Waals surface area contributed by atoms with Gasteiger partial charge in [0.15, 0.2) is 5.78 Å². The normalized spacial score (nSPS) is 10.2.